The van der Waals surface area contributed by atoms with Gasteiger partial charge in [0.25, 0.3) is 0 Å². The molecule has 0 unspecified atom stereocenters. The smallest absolute Gasteiger partial charge is 0.200 e. The molecule has 27 heavy (non-hydrogen) atoms. The summed E-state index contributed by atoms with van der Waals surface area (Å²) in [6.07, 6.45) is 17.0. The number of hydrogen-bond acceptors (Lipinski definition) is 2. The molecule has 0 aliphatic rings. The van der Waals surface area contributed by atoms with Crippen LogP contribution in [0, 0.1) is 0 Å². The summed E-state index contributed by atoms with van der Waals surface area (Å²) < 4.78 is 5.45. The Hall–Kier alpha value is -2.87. The molecule has 0 saturated carbocycles. The highest BCUT2D eigenvalue weighted by Gasteiger charge is 2.11. The van der Waals surface area contributed by atoms with Gasteiger partial charge in [0.2, 0.25) is 0 Å². The maximum atomic E-state index is 12.4. The second-order valence-electron chi connectivity index (χ2n) is 4.28. The van der Waals surface area contributed by atoms with Crippen LogP contribution in [-0.2, 0) is 0 Å². The van der Waals surface area contributed by atoms with Gasteiger partial charge < -0.3 is 4.42 Å². The number of rotatable bonds is 6. The average Bonchev–Trinajstić information content (AvgIpc) is 2.74. The molecule has 2 nitrogen and oxygen atoms in total. The summed E-state index contributed by atoms with van der Waals surface area (Å²) in [4.78, 5) is 12.4. The van der Waals surface area contributed by atoms with Gasteiger partial charge in [-0.25, -0.2) is 0 Å². The third-order valence-electron chi connectivity index (χ3n) is 2.74. The third kappa shape index (κ3) is 11.4. The third-order valence-corrected chi connectivity index (χ3v) is 2.74. The quantitative estimate of drug-likeness (QED) is 0.478. The Morgan fingerprint density at radius 2 is 1.52 bits per heavy atom. The predicted octanol–water partition coefficient (Wildman–Crippen LogP) is 7.87. The van der Waals surface area contributed by atoms with Crippen molar-refractivity contribution in [1.82, 2.24) is 0 Å². The fourth-order valence-corrected chi connectivity index (χ4v) is 1.65. The van der Waals surface area contributed by atoms with Crippen molar-refractivity contribution in [2.75, 3.05) is 0 Å². The van der Waals surface area contributed by atoms with Crippen molar-refractivity contribution in [3.63, 3.8) is 0 Å². The molecule has 0 aliphatic heterocycles. The Morgan fingerprint density at radius 3 is 1.89 bits per heavy atom. The van der Waals surface area contributed by atoms with Gasteiger partial charge in [0.15, 0.2) is 5.43 Å². The minimum absolute atomic E-state index is 0.0881. The zero-order valence-electron chi connectivity index (χ0n) is 17.9. The molecule has 0 fully saturated rings. The molecule has 0 saturated heterocycles. The van der Waals surface area contributed by atoms with Gasteiger partial charge in [0.05, 0.1) is 11.1 Å². The summed E-state index contributed by atoms with van der Waals surface area (Å²) in [5.74, 6) is 0.473. The van der Waals surface area contributed by atoms with Crippen molar-refractivity contribution in [1.29, 1.82) is 0 Å². The van der Waals surface area contributed by atoms with Gasteiger partial charge in [0.1, 0.15) is 12.0 Å². The SMILES string of the molecule is C=C/C(=C\C=C/C)c1coc(C=C)c(/C=C\C)c1=O.C=CC=C.CC.CC. The van der Waals surface area contributed by atoms with Gasteiger partial charge in [-0.3, -0.25) is 4.79 Å². The first kappa shape index (κ1) is 28.9. The van der Waals surface area contributed by atoms with E-state index in [9.17, 15) is 4.79 Å². The second kappa shape index (κ2) is 21.2. The largest absolute Gasteiger partial charge is 0.463 e. The summed E-state index contributed by atoms with van der Waals surface area (Å²) >= 11 is 0. The van der Waals surface area contributed by atoms with E-state index >= 15 is 0 Å². The van der Waals surface area contributed by atoms with Gasteiger partial charge in [-0.05, 0) is 25.5 Å². The molecule has 1 aromatic heterocycles. The van der Waals surface area contributed by atoms with Crippen LogP contribution in [0.5, 0.6) is 0 Å². The first-order valence-corrected chi connectivity index (χ1v) is 9.21. The van der Waals surface area contributed by atoms with Crippen LogP contribution in [0.25, 0.3) is 17.7 Å². The summed E-state index contributed by atoms with van der Waals surface area (Å²) in [7, 11) is 0. The molecular weight excluding hydrogens is 332 g/mol. The minimum atomic E-state index is -0.0881. The fraction of sp³-hybridized carbons (Fsp3) is 0.240. The highest BCUT2D eigenvalue weighted by molar-refractivity contribution is 5.76. The van der Waals surface area contributed by atoms with Crippen molar-refractivity contribution in [3.05, 3.63) is 102 Å². The van der Waals surface area contributed by atoms with Gasteiger partial charge in [0, 0.05) is 0 Å². The van der Waals surface area contributed by atoms with Gasteiger partial charge in [-0.15, -0.1) is 0 Å². The Balaban J connectivity index is -0.000000621. The summed E-state index contributed by atoms with van der Waals surface area (Å²) in [6.45, 7) is 25.9. The van der Waals surface area contributed by atoms with Crippen LogP contribution in [0.3, 0.4) is 0 Å². The molecule has 148 valence electrons. The van der Waals surface area contributed by atoms with Crippen molar-refractivity contribution in [2.45, 2.75) is 41.5 Å². The zero-order chi connectivity index (χ0) is 21.7. The Kier molecular flexibility index (Phi) is 22.7. The molecule has 1 aromatic rings. The van der Waals surface area contributed by atoms with Gasteiger partial charge >= 0.3 is 0 Å². The van der Waals surface area contributed by atoms with E-state index in [1.165, 1.54) is 12.3 Å². The summed E-state index contributed by atoms with van der Waals surface area (Å²) in [6, 6.07) is 0. The first-order valence-electron chi connectivity index (χ1n) is 9.21. The lowest BCUT2D eigenvalue weighted by Crippen LogP contribution is -2.12. The fourth-order valence-electron chi connectivity index (χ4n) is 1.65. The van der Waals surface area contributed by atoms with Gasteiger partial charge in [-0.2, -0.15) is 0 Å². The van der Waals surface area contributed by atoms with Crippen LogP contribution in [0.15, 0.2) is 84.3 Å². The maximum Gasteiger partial charge on any atom is 0.200 e. The highest BCUT2D eigenvalue weighted by atomic mass is 16.3. The molecule has 0 N–H and O–H groups in total. The van der Waals surface area contributed by atoms with E-state index in [-0.39, 0.29) is 5.43 Å². The molecule has 0 aliphatic carbocycles. The Bertz CT molecular complexity index is 690. The average molecular weight is 369 g/mol. The molecule has 0 amide bonds. The van der Waals surface area contributed by atoms with E-state index in [0.29, 0.717) is 16.9 Å². The van der Waals surface area contributed by atoms with E-state index in [4.69, 9.17) is 4.42 Å². The van der Waals surface area contributed by atoms with Gasteiger partial charge in [-0.1, -0.05) is 103 Å². The lowest BCUT2D eigenvalue weighted by atomic mass is 10.0. The zero-order valence-corrected chi connectivity index (χ0v) is 17.9. The second-order valence-corrected chi connectivity index (χ2v) is 4.28. The molecule has 0 atom stereocenters. The van der Waals surface area contributed by atoms with Crippen LogP contribution < -0.4 is 5.43 Å². The normalized spacial score (nSPS) is 9.78. The minimum Gasteiger partial charge on any atom is -0.463 e. The predicted molar refractivity (Wildman–Crippen MR) is 126 cm³/mol. The molecule has 2 heteroatoms. The molecule has 0 aromatic carbocycles. The molecule has 1 rings (SSSR count). The lowest BCUT2D eigenvalue weighted by molar-refractivity contribution is 0.534. The topological polar surface area (TPSA) is 30.2 Å². The maximum absolute atomic E-state index is 12.4. The molecule has 0 spiro atoms. The van der Waals surface area contributed by atoms with E-state index < -0.39 is 0 Å². The molecule has 0 bridgehead atoms. The van der Waals surface area contributed by atoms with Crippen molar-refractivity contribution in [3.8, 4) is 0 Å². The van der Waals surface area contributed by atoms with E-state index in [2.05, 4.69) is 26.3 Å². The van der Waals surface area contributed by atoms with E-state index in [1.807, 2.05) is 59.8 Å². The lowest BCUT2D eigenvalue weighted by Gasteiger charge is -2.04. The van der Waals surface area contributed by atoms with E-state index in [1.54, 1.807) is 30.4 Å². The van der Waals surface area contributed by atoms with Crippen molar-refractivity contribution in [2.24, 2.45) is 0 Å². The van der Waals surface area contributed by atoms with E-state index in [0.717, 1.165) is 5.57 Å². The van der Waals surface area contributed by atoms with Crippen LogP contribution in [-0.4, -0.2) is 0 Å². The summed E-state index contributed by atoms with van der Waals surface area (Å²) in [5, 5.41) is 0. The van der Waals surface area contributed by atoms with Crippen LogP contribution in [0.4, 0.5) is 0 Å². The van der Waals surface area contributed by atoms with Crippen LogP contribution >= 0.6 is 0 Å². The first-order chi connectivity index (χ1) is 13.1. The molecule has 1 heterocycles. The van der Waals surface area contributed by atoms with Crippen LogP contribution in [0.2, 0.25) is 0 Å². The molecule has 0 radical (unpaired) electrons. The number of hydrogen-bond donors (Lipinski definition) is 0. The van der Waals surface area contributed by atoms with Crippen LogP contribution in [0.1, 0.15) is 58.4 Å². The van der Waals surface area contributed by atoms with Crippen molar-refractivity contribution < 1.29 is 4.42 Å². The monoisotopic (exact) mass is 368 g/mol. The summed E-state index contributed by atoms with van der Waals surface area (Å²) in [5.41, 5.74) is 1.64. The highest BCUT2D eigenvalue weighted by Crippen LogP contribution is 2.16. The standard InChI is InChI=1S/C17H18O2.C4H6.2C2H6/c1-5-9-11-13(7-3)15-12-19-16(8-4)14(10-6-2)17(15)18;1-3-4-2;2*1-2/h5-12H,3-4H2,1-2H3;3-4H,1-2H2;2*1-2H3/b9-5-,10-6-,13-11+;;;. The molecular formula is C25H36O2. The van der Waals surface area contributed by atoms with Crippen molar-refractivity contribution >= 4 is 17.7 Å². The number of allylic oxidation sites excluding steroid dienone is 8. The Labute approximate surface area is 166 Å². The Morgan fingerprint density at radius 1 is 0.963 bits per heavy atom.